The number of aliphatic hydroxyl groups excluding tert-OH is 1. The lowest BCUT2D eigenvalue weighted by Crippen LogP contribution is -2.39. The number of carbonyl (C=O) groups excluding carboxylic acids is 2. The summed E-state index contributed by atoms with van der Waals surface area (Å²) in [6, 6.07) is 16.6. The first kappa shape index (κ1) is 27.1. The van der Waals surface area contributed by atoms with Crippen molar-refractivity contribution in [2.75, 3.05) is 39.4 Å². The normalized spacial score (nSPS) is 18.2. The molecule has 5 rings (SSSR count). The lowest BCUT2D eigenvalue weighted by Gasteiger charge is -2.30. The van der Waals surface area contributed by atoms with Crippen molar-refractivity contribution in [2.45, 2.75) is 32.9 Å². The number of hydrogen-bond acceptors (Lipinski definition) is 8. The van der Waals surface area contributed by atoms with E-state index < -0.39 is 17.7 Å². The molecule has 204 valence electrons. The molecule has 39 heavy (non-hydrogen) atoms. The molecule has 0 spiro atoms. The summed E-state index contributed by atoms with van der Waals surface area (Å²) in [5.74, 6) is -0.752. The van der Waals surface area contributed by atoms with Crippen LogP contribution in [0.2, 0.25) is 0 Å². The van der Waals surface area contributed by atoms with Crippen LogP contribution in [0.4, 0.5) is 0 Å². The molecule has 3 aromatic rings. The zero-order valence-corrected chi connectivity index (χ0v) is 23.1. The molecule has 2 aliphatic heterocycles. The highest BCUT2D eigenvalue weighted by molar-refractivity contribution is 7.14. The third kappa shape index (κ3) is 6.06. The van der Waals surface area contributed by atoms with Crippen LogP contribution in [-0.2, 0) is 16.1 Å². The summed E-state index contributed by atoms with van der Waals surface area (Å²) >= 11 is 1.28. The van der Waals surface area contributed by atoms with Gasteiger partial charge in [-0.2, -0.15) is 0 Å². The lowest BCUT2D eigenvalue weighted by molar-refractivity contribution is -0.129. The summed E-state index contributed by atoms with van der Waals surface area (Å²) in [5.41, 5.74) is 2.44. The molecule has 1 saturated heterocycles. The maximum absolute atomic E-state index is 13.8. The van der Waals surface area contributed by atoms with Gasteiger partial charge in [-0.05, 0) is 43.5 Å². The van der Waals surface area contributed by atoms with Crippen LogP contribution in [0.3, 0.4) is 0 Å². The Morgan fingerprint density at radius 2 is 1.87 bits per heavy atom. The van der Waals surface area contributed by atoms with Crippen molar-refractivity contribution in [1.82, 2.24) is 14.8 Å². The SMILES string of the molecule is Cc1nc(C)c(C(=O)C2=C(O)C(=O)N(CCCN3CCOCC3)C2c2cccc(OCc3ccccc3)c2)s1. The monoisotopic (exact) mass is 547 g/mol. The molecular weight excluding hydrogens is 514 g/mol. The number of thiazole rings is 1. The van der Waals surface area contributed by atoms with E-state index in [0.29, 0.717) is 54.7 Å². The van der Waals surface area contributed by atoms with E-state index >= 15 is 0 Å². The van der Waals surface area contributed by atoms with Crippen molar-refractivity contribution in [2.24, 2.45) is 0 Å². The van der Waals surface area contributed by atoms with E-state index in [1.54, 1.807) is 11.8 Å². The molecule has 1 unspecified atom stereocenters. The van der Waals surface area contributed by atoms with Gasteiger partial charge in [0.2, 0.25) is 5.78 Å². The van der Waals surface area contributed by atoms with Gasteiger partial charge < -0.3 is 19.5 Å². The second-order valence-electron chi connectivity index (χ2n) is 9.79. The summed E-state index contributed by atoms with van der Waals surface area (Å²) < 4.78 is 11.5. The number of amides is 1. The second-order valence-corrected chi connectivity index (χ2v) is 11.0. The molecule has 1 aromatic heterocycles. The van der Waals surface area contributed by atoms with Crippen LogP contribution in [0.1, 0.15) is 44.0 Å². The van der Waals surface area contributed by atoms with Gasteiger partial charge in [-0.3, -0.25) is 14.5 Å². The highest BCUT2D eigenvalue weighted by atomic mass is 32.1. The minimum absolute atomic E-state index is 0.0957. The number of benzene rings is 2. The van der Waals surface area contributed by atoms with Crippen LogP contribution in [-0.4, -0.2) is 71.0 Å². The smallest absolute Gasteiger partial charge is 0.290 e. The highest BCUT2D eigenvalue weighted by Gasteiger charge is 2.44. The number of morpholine rings is 1. The van der Waals surface area contributed by atoms with Crippen LogP contribution in [0.25, 0.3) is 0 Å². The van der Waals surface area contributed by atoms with Gasteiger partial charge in [0.25, 0.3) is 5.91 Å². The fourth-order valence-electron chi connectivity index (χ4n) is 5.13. The highest BCUT2D eigenvalue weighted by Crippen LogP contribution is 2.41. The molecular formula is C30H33N3O5S. The molecule has 1 amide bonds. The first-order chi connectivity index (χ1) is 18.9. The van der Waals surface area contributed by atoms with Crippen LogP contribution in [0, 0.1) is 13.8 Å². The van der Waals surface area contributed by atoms with Crippen molar-refractivity contribution in [3.63, 3.8) is 0 Å². The van der Waals surface area contributed by atoms with Gasteiger partial charge in [0.15, 0.2) is 5.76 Å². The third-order valence-electron chi connectivity index (χ3n) is 7.06. The quantitative estimate of drug-likeness (QED) is 0.370. The van der Waals surface area contributed by atoms with Crippen LogP contribution in [0.15, 0.2) is 65.9 Å². The van der Waals surface area contributed by atoms with E-state index in [1.807, 2.05) is 61.5 Å². The number of carbonyl (C=O) groups is 2. The number of aliphatic hydroxyl groups is 1. The first-order valence-electron chi connectivity index (χ1n) is 13.2. The molecule has 0 saturated carbocycles. The molecule has 8 nitrogen and oxygen atoms in total. The number of Topliss-reactive ketones (excluding diaryl/α,β-unsaturated/α-hetero) is 1. The Morgan fingerprint density at radius 3 is 2.59 bits per heavy atom. The van der Waals surface area contributed by atoms with Crippen LogP contribution < -0.4 is 4.74 Å². The van der Waals surface area contributed by atoms with Gasteiger partial charge >= 0.3 is 0 Å². The summed E-state index contributed by atoms with van der Waals surface area (Å²) in [5, 5.41) is 11.8. The molecule has 1 N–H and O–H groups in total. The molecule has 0 radical (unpaired) electrons. The van der Waals surface area contributed by atoms with E-state index in [4.69, 9.17) is 9.47 Å². The molecule has 2 aromatic carbocycles. The maximum atomic E-state index is 13.8. The Morgan fingerprint density at radius 1 is 1.10 bits per heavy atom. The standard InChI is InChI=1S/C30H33N3O5S/c1-20-29(39-21(2)31-20)27(34)25-26(23-10-6-11-24(18-23)38-19-22-8-4-3-5-9-22)33(30(36)28(25)35)13-7-12-32-14-16-37-17-15-32/h3-6,8-11,18,26,35H,7,12-17,19H2,1-2H3. The van der Waals surface area contributed by atoms with E-state index in [-0.39, 0.29) is 11.4 Å². The third-order valence-corrected chi connectivity index (χ3v) is 8.13. The predicted octanol–water partition coefficient (Wildman–Crippen LogP) is 4.64. The maximum Gasteiger partial charge on any atom is 0.290 e. The zero-order chi connectivity index (χ0) is 27.4. The molecule has 2 aliphatic rings. The molecule has 1 fully saturated rings. The average Bonchev–Trinajstić information content (AvgIpc) is 3.43. The molecule has 3 heterocycles. The fraction of sp³-hybridized carbons (Fsp3) is 0.367. The van der Waals surface area contributed by atoms with Crippen molar-refractivity contribution in [3.8, 4) is 5.75 Å². The van der Waals surface area contributed by atoms with Gasteiger partial charge in [-0.1, -0.05) is 42.5 Å². The zero-order valence-electron chi connectivity index (χ0n) is 22.3. The van der Waals surface area contributed by atoms with Crippen molar-refractivity contribution in [1.29, 1.82) is 0 Å². The van der Waals surface area contributed by atoms with Crippen LogP contribution in [0.5, 0.6) is 5.75 Å². The molecule has 0 aliphatic carbocycles. The fourth-order valence-corrected chi connectivity index (χ4v) is 6.01. The largest absolute Gasteiger partial charge is 0.503 e. The number of hydrogen-bond donors (Lipinski definition) is 1. The minimum atomic E-state index is -0.725. The number of aromatic nitrogens is 1. The van der Waals surface area contributed by atoms with Gasteiger partial charge in [0.1, 0.15) is 12.4 Å². The van der Waals surface area contributed by atoms with Crippen molar-refractivity contribution >= 4 is 23.0 Å². The summed E-state index contributed by atoms with van der Waals surface area (Å²) in [4.78, 5) is 35.9. The Hall–Kier alpha value is -3.53. The lowest BCUT2D eigenvalue weighted by atomic mass is 9.94. The number of nitrogens with zero attached hydrogens (tertiary/aromatic N) is 3. The molecule has 9 heteroatoms. The van der Waals surface area contributed by atoms with E-state index in [9.17, 15) is 14.7 Å². The summed E-state index contributed by atoms with van der Waals surface area (Å²) in [6.45, 7) is 8.33. The van der Waals surface area contributed by atoms with Gasteiger partial charge in [-0.25, -0.2) is 4.98 Å². The Kier molecular flexibility index (Phi) is 8.40. The number of ether oxygens (including phenoxy) is 2. The van der Waals surface area contributed by atoms with Crippen molar-refractivity contribution < 1.29 is 24.2 Å². The van der Waals surface area contributed by atoms with Crippen LogP contribution >= 0.6 is 11.3 Å². The second kappa shape index (κ2) is 12.1. The summed E-state index contributed by atoms with van der Waals surface area (Å²) in [6.07, 6.45) is 0.708. The average molecular weight is 548 g/mol. The van der Waals surface area contributed by atoms with Gasteiger partial charge in [0.05, 0.1) is 40.4 Å². The van der Waals surface area contributed by atoms with Gasteiger partial charge in [-0.15, -0.1) is 11.3 Å². The van der Waals surface area contributed by atoms with Gasteiger partial charge in [0, 0.05) is 26.2 Å². The predicted molar refractivity (Wildman–Crippen MR) is 149 cm³/mol. The Balaban J connectivity index is 1.43. The van der Waals surface area contributed by atoms with E-state index in [2.05, 4.69) is 9.88 Å². The number of aryl methyl sites for hydroxylation is 2. The Bertz CT molecular complexity index is 1360. The number of ketones is 1. The Labute approximate surface area is 232 Å². The first-order valence-corrected chi connectivity index (χ1v) is 14.0. The topological polar surface area (TPSA) is 92.2 Å². The molecule has 1 atom stereocenters. The van der Waals surface area contributed by atoms with E-state index in [0.717, 1.165) is 30.2 Å². The van der Waals surface area contributed by atoms with Crippen molar-refractivity contribution in [3.05, 3.63) is 92.6 Å². The number of rotatable bonds is 10. The summed E-state index contributed by atoms with van der Waals surface area (Å²) in [7, 11) is 0. The minimum Gasteiger partial charge on any atom is -0.503 e. The van der Waals surface area contributed by atoms with E-state index in [1.165, 1.54) is 11.3 Å². The molecule has 0 bridgehead atoms.